The minimum absolute atomic E-state index is 0.284. The molecular formula is C11H14FNO3. The largest absolute Gasteiger partial charge is 0.481 e. The van der Waals surface area contributed by atoms with E-state index in [0.717, 1.165) is 0 Å². The number of ether oxygens (including phenoxy) is 1. The van der Waals surface area contributed by atoms with Gasteiger partial charge in [0.25, 0.3) is 5.91 Å². The van der Waals surface area contributed by atoms with Crippen LogP contribution in [0.4, 0.5) is 4.39 Å². The molecule has 0 spiro atoms. The molecule has 1 atom stereocenters. The van der Waals surface area contributed by atoms with Gasteiger partial charge in [-0.15, -0.1) is 0 Å². The van der Waals surface area contributed by atoms with Crippen molar-refractivity contribution in [1.29, 1.82) is 0 Å². The molecule has 0 fully saturated rings. The summed E-state index contributed by atoms with van der Waals surface area (Å²) in [4.78, 5) is 11.2. The number of halogens is 1. The molecule has 1 aromatic rings. The number of hydrogen-bond acceptors (Lipinski definition) is 3. The van der Waals surface area contributed by atoms with Gasteiger partial charge < -0.3 is 15.2 Å². The van der Waals surface area contributed by atoms with E-state index < -0.39 is 11.9 Å². The molecule has 0 aromatic heterocycles. The number of nitrogens with one attached hydrogen (secondary N) is 1. The predicted octanol–water partition coefficient (Wildman–Crippen LogP) is 0.831. The van der Waals surface area contributed by atoms with Crippen molar-refractivity contribution >= 4 is 5.91 Å². The Morgan fingerprint density at radius 3 is 2.88 bits per heavy atom. The third-order valence-corrected chi connectivity index (χ3v) is 2.11. The highest BCUT2D eigenvalue weighted by Crippen LogP contribution is 2.20. The van der Waals surface area contributed by atoms with Gasteiger partial charge in [0.2, 0.25) is 0 Å². The van der Waals surface area contributed by atoms with Crippen LogP contribution in [-0.2, 0) is 11.4 Å². The maximum atomic E-state index is 12.9. The molecule has 1 rings (SSSR count). The quantitative estimate of drug-likeness (QED) is 0.801. The number of aliphatic hydroxyl groups is 1. The van der Waals surface area contributed by atoms with Gasteiger partial charge >= 0.3 is 0 Å². The van der Waals surface area contributed by atoms with Crippen molar-refractivity contribution in [3.05, 3.63) is 29.6 Å². The van der Waals surface area contributed by atoms with Crippen molar-refractivity contribution in [2.75, 3.05) is 7.05 Å². The number of rotatable bonds is 4. The van der Waals surface area contributed by atoms with Gasteiger partial charge in [0.15, 0.2) is 6.10 Å². The first kappa shape index (κ1) is 12.4. The molecule has 88 valence electrons. The zero-order valence-corrected chi connectivity index (χ0v) is 9.16. The lowest BCUT2D eigenvalue weighted by atomic mass is 10.2. The average Bonchev–Trinajstić information content (AvgIpc) is 2.30. The molecule has 1 unspecified atom stereocenters. The lowest BCUT2D eigenvalue weighted by Gasteiger charge is -2.15. The average molecular weight is 227 g/mol. The molecule has 0 radical (unpaired) electrons. The van der Waals surface area contributed by atoms with Gasteiger partial charge in [0, 0.05) is 12.6 Å². The van der Waals surface area contributed by atoms with Crippen LogP contribution >= 0.6 is 0 Å². The van der Waals surface area contributed by atoms with Crippen LogP contribution in [0.15, 0.2) is 18.2 Å². The van der Waals surface area contributed by atoms with Crippen LogP contribution in [0.5, 0.6) is 5.75 Å². The van der Waals surface area contributed by atoms with E-state index in [-0.39, 0.29) is 12.5 Å². The fraction of sp³-hybridized carbons (Fsp3) is 0.364. The molecule has 1 amide bonds. The maximum absolute atomic E-state index is 12.9. The molecule has 5 heteroatoms. The number of hydrogen-bond donors (Lipinski definition) is 2. The Morgan fingerprint density at radius 2 is 2.31 bits per heavy atom. The van der Waals surface area contributed by atoms with Gasteiger partial charge in [-0.2, -0.15) is 0 Å². The highest BCUT2D eigenvalue weighted by molar-refractivity contribution is 5.80. The van der Waals surface area contributed by atoms with Crippen molar-refractivity contribution in [1.82, 2.24) is 5.32 Å². The van der Waals surface area contributed by atoms with Gasteiger partial charge in [-0.1, -0.05) is 0 Å². The highest BCUT2D eigenvalue weighted by atomic mass is 19.1. The number of carbonyl (C=O) groups excluding carboxylic acids is 1. The van der Waals surface area contributed by atoms with Crippen molar-refractivity contribution in [2.45, 2.75) is 19.6 Å². The van der Waals surface area contributed by atoms with Crippen molar-refractivity contribution in [3.63, 3.8) is 0 Å². The molecule has 4 nitrogen and oxygen atoms in total. The lowest BCUT2D eigenvalue weighted by Crippen LogP contribution is -2.33. The van der Waals surface area contributed by atoms with E-state index >= 15 is 0 Å². The van der Waals surface area contributed by atoms with Gasteiger partial charge in [0.05, 0.1) is 6.61 Å². The Kier molecular flexibility index (Phi) is 4.25. The first-order chi connectivity index (χ1) is 7.58. The summed E-state index contributed by atoms with van der Waals surface area (Å²) in [5, 5.41) is 11.4. The molecule has 0 aliphatic heterocycles. The monoisotopic (exact) mass is 227 g/mol. The first-order valence-corrected chi connectivity index (χ1v) is 4.86. The fourth-order valence-corrected chi connectivity index (χ4v) is 1.23. The summed E-state index contributed by atoms with van der Waals surface area (Å²) in [5.74, 6) is -0.433. The topological polar surface area (TPSA) is 58.6 Å². The van der Waals surface area contributed by atoms with Crippen molar-refractivity contribution < 1.29 is 19.0 Å². The number of amides is 1. The fourth-order valence-electron chi connectivity index (χ4n) is 1.23. The molecule has 2 N–H and O–H groups in total. The van der Waals surface area contributed by atoms with E-state index in [2.05, 4.69) is 5.32 Å². The summed E-state index contributed by atoms with van der Waals surface area (Å²) in [7, 11) is 1.50. The predicted molar refractivity (Wildman–Crippen MR) is 56.5 cm³/mol. The minimum atomic E-state index is -0.694. The van der Waals surface area contributed by atoms with E-state index in [0.29, 0.717) is 11.3 Å². The zero-order chi connectivity index (χ0) is 12.1. The second-order valence-electron chi connectivity index (χ2n) is 3.28. The van der Waals surface area contributed by atoms with Crippen LogP contribution in [0, 0.1) is 5.82 Å². The summed E-state index contributed by atoms with van der Waals surface area (Å²) in [5.41, 5.74) is 0.316. The smallest absolute Gasteiger partial charge is 0.260 e. The first-order valence-electron chi connectivity index (χ1n) is 4.86. The number of aliphatic hydroxyl groups excluding tert-OH is 1. The van der Waals surface area contributed by atoms with Gasteiger partial charge in [-0.05, 0) is 25.1 Å². The van der Waals surface area contributed by atoms with Gasteiger partial charge in [-0.3, -0.25) is 4.79 Å². The van der Waals surface area contributed by atoms with Gasteiger partial charge in [0.1, 0.15) is 11.6 Å². The Labute approximate surface area is 93.0 Å². The maximum Gasteiger partial charge on any atom is 0.260 e. The summed E-state index contributed by atoms with van der Waals surface area (Å²) < 4.78 is 18.2. The van der Waals surface area contributed by atoms with E-state index in [1.807, 2.05) is 0 Å². The second-order valence-corrected chi connectivity index (χ2v) is 3.28. The van der Waals surface area contributed by atoms with Crippen LogP contribution in [0.3, 0.4) is 0 Å². The molecular weight excluding hydrogens is 213 g/mol. The van der Waals surface area contributed by atoms with E-state index in [1.54, 1.807) is 6.92 Å². The normalized spacial score (nSPS) is 12.0. The molecule has 0 bridgehead atoms. The van der Waals surface area contributed by atoms with E-state index in [1.165, 1.54) is 25.2 Å². The molecule has 0 heterocycles. The lowest BCUT2D eigenvalue weighted by molar-refractivity contribution is -0.126. The van der Waals surface area contributed by atoms with Crippen molar-refractivity contribution in [3.8, 4) is 5.75 Å². The summed E-state index contributed by atoms with van der Waals surface area (Å²) in [6.45, 7) is 1.23. The highest BCUT2D eigenvalue weighted by Gasteiger charge is 2.14. The van der Waals surface area contributed by atoms with Gasteiger partial charge in [-0.25, -0.2) is 4.39 Å². The van der Waals surface area contributed by atoms with Crippen LogP contribution in [0.1, 0.15) is 12.5 Å². The Morgan fingerprint density at radius 1 is 1.62 bits per heavy atom. The molecule has 16 heavy (non-hydrogen) atoms. The summed E-state index contributed by atoms with van der Waals surface area (Å²) in [6, 6.07) is 3.78. The Hall–Kier alpha value is -1.62. The van der Waals surface area contributed by atoms with E-state index in [4.69, 9.17) is 9.84 Å². The van der Waals surface area contributed by atoms with E-state index in [9.17, 15) is 9.18 Å². The number of benzene rings is 1. The van der Waals surface area contributed by atoms with Crippen LogP contribution in [0.25, 0.3) is 0 Å². The molecule has 0 saturated carbocycles. The third-order valence-electron chi connectivity index (χ3n) is 2.11. The molecule has 0 saturated heterocycles. The molecule has 0 aliphatic carbocycles. The summed E-state index contributed by atoms with van der Waals surface area (Å²) >= 11 is 0. The summed E-state index contributed by atoms with van der Waals surface area (Å²) in [6.07, 6.45) is -0.694. The van der Waals surface area contributed by atoms with Crippen LogP contribution < -0.4 is 10.1 Å². The number of likely N-dealkylation sites (N-methyl/N-ethyl adjacent to an activating group) is 1. The van der Waals surface area contributed by atoms with Crippen LogP contribution in [-0.4, -0.2) is 24.2 Å². The molecule has 1 aromatic carbocycles. The molecule has 0 aliphatic rings. The minimum Gasteiger partial charge on any atom is -0.481 e. The Bertz CT molecular complexity index is 381. The second kappa shape index (κ2) is 5.46. The SMILES string of the molecule is CNC(=O)C(C)Oc1ccc(F)cc1CO. The van der Waals surface area contributed by atoms with Crippen molar-refractivity contribution in [2.24, 2.45) is 0 Å². The Balaban J connectivity index is 2.84. The van der Waals surface area contributed by atoms with Crippen LogP contribution in [0.2, 0.25) is 0 Å². The zero-order valence-electron chi connectivity index (χ0n) is 9.16. The number of carbonyl (C=O) groups is 1. The standard InChI is InChI=1S/C11H14FNO3/c1-7(11(15)13-2)16-10-4-3-9(12)5-8(10)6-14/h3-5,7,14H,6H2,1-2H3,(H,13,15). The third kappa shape index (κ3) is 2.93.